The van der Waals surface area contributed by atoms with E-state index in [0.29, 0.717) is 0 Å². The fourth-order valence-electron chi connectivity index (χ4n) is 2.60. The van der Waals surface area contributed by atoms with Gasteiger partial charge >= 0.3 is 0 Å². The Labute approximate surface area is 119 Å². The zero-order chi connectivity index (χ0) is 13.8. The highest BCUT2D eigenvalue weighted by molar-refractivity contribution is 5.58. The first-order chi connectivity index (χ1) is 9.84. The molecule has 2 aromatic carbocycles. The van der Waals surface area contributed by atoms with E-state index in [0.717, 1.165) is 17.5 Å². The summed E-state index contributed by atoms with van der Waals surface area (Å²) in [6.45, 7) is 0. The number of allylic oxidation sites excluding steroid dienone is 1. The van der Waals surface area contributed by atoms with E-state index in [2.05, 4.69) is 48.6 Å². The van der Waals surface area contributed by atoms with Crippen LogP contribution in [0.1, 0.15) is 22.8 Å². The van der Waals surface area contributed by atoms with Crippen LogP contribution in [0.5, 0.6) is 0 Å². The predicted octanol–water partition coefficient (Wildman–Crippen LogP) is 4.16. The van der Waals surface area contributed by atoms with Crippen LogP contribution in [0.2, 0.25) is 0 Å². The Kier molecular flexibility index (Phi) is 3.80. The van der Waals surface area contributed by atoms with Crippen molar-refractivity contribution in [2.45, 2.75) is 12.5 Å². The Morgan fingerprint density at radius 1 is 0.950 bits per heavy atom. The zero-order valence-electron chi connectivity index (χ0n) is 11.3. The lowest BCUT2D eigenvalue weighted by Crippen LogP contribution is -2.12. The van der Waals surface area contributed by atoms with E-state index >= 15 is 0 Å². The molecule has 1 N–H and O–H groups in total. The van der Waals surface area contributed by atoms with Crippen molar-refractivity contribution < 1.29 is 5.11 Å². The van der Waals surface area contributed by atoms with E-state index in [9.17, 15) is 5.11 Å². The molecule has 0 radical (unpaired) electrons. The molecule has 2 aromatic rings. The molecule has 0 aliphatic heterocycles. The Bertz CT molecular complexity index is 625. The van der Waals surface area contributed by atoms with Crippen LogP contribution in [0.4, 0.5) is 0 Å². The van der Waals surface area contributed by atoms with E-state index in [4.69, 9.17) is 0 Å². The number of fused-ring (bicyclic) bond motifs is 1. The lowest BCUT2D eigenvalue weighted by atomic mass is 9.86. The van der Waals surface area contributed by atoms with Crippen molar-refractivity contribution in [1.82, 2.24) is 0 Å². The van der Waals surface area contributed by atoms with Gasteiger partial charge in [0.2, 0.25) is 0 Å². The molecule has 2 atom stereocenters. The average molecular weight is 262 g/mol. The third-order valence-electron chi connectivity index (χ3n) is 3.73. The maximum atomic E-state index is 10.4. The second-order valence-electron chi connectivity index (χ2n) is 5.13. The predicted molar refractivity (Wildman–Crippen MR) is 83.2 cm³/mol. The molecule has 1 nitrogen and oxygen atoms in total. The molecular weight excluding hydrogens is 244 g/mol. The summed E-state index contributed by atoms with van der Waals surface area (Å²) in [7, 11) is 0. The first-order valence-electron chi connectivity index (χ1n) is 7.00. The van der Waals surface area contributed by atoms with Crippen molar-refractivity contribution in [3.8, 4) is 0 Å². The van der Waals surface area contributed by atoms with Crippen molar-refractivity contribution >= 4 is 6.08 Å². The number of rotatable bonds is 3. The van der Waals surface area contributed by atoms with E-state index < -0.39 is 6.10 Å². The van der Waals surface area contributed by atoms with Gasteiger partial charge in [-0.1, -0.05) is 78.9 Å². The fourth-order valence-corrected chi connectivity index (χ4v) is 2.60. The van der Waals surface area contributed by atoms with Gasteiger partial charge in [-0.3, -0.25) is 0 Å². The molecule has 0 saturated carbocycles. The third kappa shape index (κ3) is 2.73. The van der Waals surface area contributed by atoms with Crippen molar-refractivity contribution in [1.29, 1.82) is 0 Å². The highest BCUT2D eigenvalue weighted by Gasteiger charge is 2.21. The SMILES string of the molecule is O[C@H]1c2ccccc2C=C[C@H]1/C=C/Cc1ccccc1. The number of hydrogen-bond donors (Lipinski definition) is 1. The molecule has 0 unspecified atom stereocenters. The third-order valence-corrected chi connectivity index (χ3v) is 3.73. The summed E-state index contributed by atoms with van der Waals surface area (Å²) < 4.78 is 0. The minimum atomic E-state index is -0.441. The van der Waals surface area contributed by atoms with Gasteiger partial charge in [0.1, 0.15) is 0 Å². The van der Waals surface area contributed by atoms with Crippen LogP contribution < -0.4 is 0 Å². The second kappa shape index (κ2) is 5.89. The molecule has 0 bridgehead atoms. The number of aliphatic hydroxyl groups excluding tert-OH is 1. The molecule has 0 heterocycles. The van der Waals surface area contributed by atoms with Gasteiger partial charge in [0.15, 0.2) is 0 Å². The summed E-state index contributed by atoms with van der Waals surface area (Å²) in [6, 6.07) is 18.4. The van der Waals surface area contributed by atoms with Crippen molar-refractivity contribution in [3.63, 3.8) is 0 Å². The Hall–Kier alpha value is -2.12. The number of aliphatic hydroxyl groups is 1. The van der Waals surface area contributed by atoms with E-state index in [1.54, 1.807) is 0 Å². The number of benzene rings is 2. The first-order valence-corrected chi connectivity index (χ1v) is 7.00. The molecule has 20 heavy (non-hydrogen) atoms. The van der Waals surface area contributed by atoms with Crippen molar-refractivity contribution in [2.75, 3.05) is 0 Å². The molecule has 0 amide bonds. The Balaban J connectivity index is 1.71. The van der Waals surface area contributed by atoms with Gasteiger partial charge in [0.25, 0.3) is 0 Å². The molecule has 1 aliphatic rings. The number of hydrogen-bond acceptors (Lipinski definition) is 1. The zero-order valence-corrected chi connectivity index (χ0v) is 11.3. The molecule has 3 rings (SSSR count). The van der Waals surface area contributed by atoms with Crippen LogP contribution in [0, 0.1) is 5.92 Å². The van der Waals surface area contributed by atoms with Gasteiger partial charge in [-0.25, -0.2) is 0 Å². The maximum Gasteiger partial charge on any atom is 0.0893 e. The highest BCUT2D eigenvalue weighted by Crippen LogP contribution is 2.32. The van der Waals surface area contributed by atoms with Gasteiger partial charge in [0.05, 0.1) is 6.10 Å². The molecule has 0 saturated heterocycles. The Morgan fingerprint density at radius 3 is 2.55 bits per heavy atom. The van der Waals surface area contributed by atoms with Crippen LogP contribution in [-0.2, 0) is 6.42 Å². The second-order valence-corrected chi connectivity index (χ2v) is 5.13. The lowest BCUT2D eigenvalue weighted by molar-refractivity contribution is 0.149. The normalized spacial score (nSPS) is 21.1. The van der Waals surface area contributed by atoms with Crippen LogP contribution in [0.25, 0.3) is 6.08 Å². The quantitative estimate of drug-likeness (QED) is 0.823. The summed E-state index contributed by atoms with van der Waals surface area (Å²) in [5.41, 5.74) is 3.43. The monoisotopic (exact) mass is 262 g/mol. The van der Waals surface area contributed by atoms with Gasteiger partial charge in [-0.05, 0) is 23.1 Å². The van der Waals surface area contributed by atoms with Gasteiger partial charge in [-0.2, -0.15) is 0 Å². The standard InChI is InChI=1S/C19H18O/c20-19-17(11-6-9-15-7-2-1-3-8-15)14-13-16-10-4-5-12-18(16)19/h1-8,10-14,17,19-20H,9H2/b11-6+/t17-,19-/m1/s1. The molecule has 1 aliphatic carbocycles. The molecule has 100 valence electrons. The van der Waals surface area contributed by atoms with Crippen LogP contribution in [-0.4, -0.2) is 5.11 Å². The van der Waals surface area contributed by atoms with Gasteiger partial charge < -0.3 is 5.11 Å². The molecule has 0 aromatic heterocycles. The smallest absolute Gasteiger partial charge is 0.0893 e. The molecule has 0 fully saturated rings. The van der Waals surface area contributed by atoms with Crippen LogP contribution in [0.15, 0.2) is 72.8 Å². The topological polar surface area (TPSA) is 20.2 Å². The van der Waals surface area contributed by atoms with Gasteiger partial charge in [0, 0.05) is 5.92 Å². The van der Waals surface area contributed by atoms with Crippen LogP contribution in [0.3, 0.4) is 0 Å². The van der Waals surface area contributed by atoms with Crippen molar-refractivity contribution in [2.24, 2.45) is 5.92 Å². The summed E-state index contributed by atoms with van der Waals surface area (Å²) in [4.78, 5) is 0. The Morgan fingerprint density at radius 2 is 1.70 bits per heavy atom. The summed E-state index contributed by atoms with van der Waals surface area (Å²) in [6.07, 6.45) is 8.88. The molecule has 1 heteroatoms. The molecule has 0 spiro atoms. The minimum Gasteiger partial charge on any atom is -0.387 e. The first kappa shape index (κ1) is 12.9. The van der Waals surface area contributed by atoms with E-state index in [1.807, 2.05) is 30.3 Å². The maximum absolute atomic E-state index is 10.4. The van der Waals surface area contributed by atoms with Crippen LogP contribution >= 0.6 is 0 Å². The van der Waals surface area contributed by atoms with E-state index in [1.165, 1.54) is 5.56 Å². The largest absolute Gasteiger partial charge is 0.387 e. The van der Waals surface area contributed by atoms with E-state index in [-0.39, 0.29) is 5.92 Å². The average Bonchev–Trinajstić information content (AvgIpc) is 2.51. The summed E-state index contributed by atoms with van der Waals surface area (Å²) in [5, 5.41) is 10.4. The lowest BCUT2D eigenvalue weighted by Gasteiger charge is -2.23. The fraction of sp³-hybridized carbons (Fsp3) is 0.158. The van der Waals surface area contributed by atoms with Gasteiger partial charge in [-0.15, -0.1) is 0 Å². The van der Waals surface area contributed by atoms with Crippen molar-refractivity contribution in [3.05, 3.63) is 89.5 Å². The molecular formula is C19H18O. The summed E-state index contributed by atoms with van der Waals surface area (Å²) in [5.74, 6) is 0.0635. The summed E-state index contributed by atoms with van der Waals surface area (Å²) >= 11 is 0. The highest BCUT2D eigenvalue weighted by atomic mass is 16.3. The minimum absolute atomic E-state index is 0.0635.